The topological polar surface area (TPSA) is 88.3 Å². The van der Waals surface area contributed by atoms with Gasteiger partial charge >= 0.3 is 5.97 Å². The minimum Gasteiger partial charge on any atom is -0.481 e. The Labute approximate surface area is 181 Å². The molecule has 4 rings (SSSR count). The number of hydrogen-bond acceptors (Lipinski definition) is 3. The van der Waals surface area contributed by atoms with Gasteiger partial charge in [-0.3, -0.25) is 4.79 Å². The van der Waals surface area contributed by atoms with Crippen LogP contribution in [0.25, 0.3) is 22.2 Å². The lowest BCUT2D eigenvalue weighted by atomic mass is 9.98. The van der Waals surface area contributed by atoms with Crippen LogP contribution in [0.5, 0.6) is 11.5 Å². The van der Waals surface area contributed by atoms with Crippen molar-refractivity contribution in [3.05, 3.63) is 83.9 Å². The first kappa shape index (κ1) is 20.7. The number of aliphatic carboxylic acids is 1. The highest BCUT2D eigenvalue weighted by molar-refractivity contribution is 5.93. The minimum atomic E-state index is -0.832. The van der Waals surface area contributed by atoms with Crippen LogP contribution in [0, 0.1) is 0 Å². The second-order valence-electron chi connectivity index (χ2n) is 7.59. The molecule has 158 valence electrons. The number of hydrogen-bond donors (Lipinski definition) is 3. The average molecular weight is 415 g/mol. The van der Waals surface area contributed by atoms with E-state index in [2.05, 4.69) is 4.98 Å². The van der Waals surface area contributed by atoms with Gasteiger partial charge in [-0.2, -0.15) is 0 Å². The molecule has 0 atom stereocenters. The van der Waals surface area contributed by atoms with E-state index in [1.165, 1.54) is 5.56 Å². The summed E-state index contributed by atoms with van der Waals surface area (Å²) >= 11 is 0. The molecular formula is C26H26N2O3. The third kappa shape index (κ3) is 4.78. The van der Waals surface area contributed by atoms with Gasteiger partial charge in [0.25, 0.3) is 0 Å². The number of nitrogens with one attached hydrogen (secondary N) is 1. The lowest BCUT2D eigenvalue weighted by Crippen LogP contribution is -2.00. The molecule has 4 N–H and O–H groups in total. The summed E-state index contributed by atoms with van der Waals surface area (Å²) < 4.78 is 6.20. The van der Waals surface area contributed by atoms with Crippen LogP contribution in [-0.2, 0) is 17.6 Å². The third-order valence-electron chi connectivity index (χ3n) is 5.33. The van der Waals surface area contributed by atoms with Gasteiger partial charge in [0.1, 0.15) is 11.5 Å². The Bertz CT molecular complexity index is 1180. The summed E-state index contributed by atoms with van der Waals surface area (Å²) in [6.07, 6.45) is 2.75. The lowest BCUT2D eigenvalue weighted by molar-refractivity contribution is -0.136. The Hall–Kier alpha value is -3.57. The van der Waals surface area contributed by atoms with Gasteiger partial charge in [-0.1, -0.05) is 36.4 Å². The van der Waals surface area contributed by atoms with E-state index >= 15 is 0 Å². The normalized spacial score (nSPS) is 11.0. The summed E-state index contributed by atoms with van der Waals surface area (Å²) in [7, 11) is 0. The second kappa shape index (κ2) is 9.49. The van der Waals surface area contributed by atoms with E-state index in [0.717, 1.165) is 58.5 Å². The van der Waals surface area contributed by atoms with Crippen molar-refractivity contribution in [1.82, 2.24) is 4.98 Å². The number of carbonyl (C=O) groups is 1. The fourth-order valence-corrected chi connectivity index (χ4v) is 3.89. The number of fused-ring (bicyclic) bond motifs is 1. The number of aromatic amines is 1. The quantitative estimate of drug-likeness (QED) is 0.314. The summed E-state index contributed by atoms with van der Waals surface area (Å²) in [6, 6.07) is 23.5. The molecule has 5 nitrogen and oxygen atoms in total. The van der Waals surface area contributed by atoms with Gasteiger partial charge in [0.15, 0.2) is 0 Å². The number of H-pyrrole nitrogens is 1. The van der Waals surface area contributed by atoms with Gasteiger partial charge in [-0.15, -0.1) is 0 Å². The number of para-hydroxylation sites is 2. The van der Waals surface area contributed by atoms with Crippen molar-refractivity contribution in [3.8, 4) is 22.8 Å². The number of rotatable bonds is 9. The number of aromatic nitrogens is 1. The van der Waals surface area contributed by atoms with E-state index in [1.54, 1.807) is 0 Å². The molecule has 3 aromatic carbocycles. The molecule has 0 unspecified atom stereocenters. The zero-order valence-corrected chi connectivity index (χ0v) is 17.3. The van der Waals surface area contributed by atoms with Gasteiger partial charge in [0.05, 0.1) is 12.1 Å². The molecule has 0 saturated heterocycles. The molecule has 0 aliphatic rings. The first-order chi connectivity index (χ1) is 15.2. The van der Waals surface area contributed by atoms with Crippen LogP contribution in [0.2, 0.25) is 0 Å². The fraction of sp³-hybridized carbons (Fsp3) is 0.192. The summed E-state index contributed by atoms with van der Waals surface area (Å²) in [5.74, 6) is 0.715. The predicted molar refractivity (Wildman–Crippen MR) is 124 cm³/mol. The summed E-state index contributed by atoms with van der Waals surface area (Å²) in [5.41, 5.74) is 10.7. The van der Waals surface area contributed by atoms with Crippen molar-refractivity contribution in [2.75, 3.05) is 6.54 Å². The van der Waals surface area contributed by atoms with E-state index in [4.69, 9.17) is 10.5 Å². The standard InChI is InChI=1S/C26H26N2O3/c27-15-7-6-10-20-22-16-18(17-25(29)30)13-14-23(22)28-26(20)21-11-4-5-12-24(21)31-19-8-2-1-3-9-19/h1-5,8-9,11-14,16,28H,6-7,10,15,17,27H2,(H,29,30). The zero-order chi connectivity index (χ0) is 21.6. The molecule has 0 fully saturated rings. The highest BCUT2D eigenvalue weighted by Crippen LogP contribution is 2.38. The van der Waals surface area contributed by atoms with Gasteiger partial charge in [-0.05, 0) is 73.3 Å². The Kier molecular flexibility index (Phi) is 6.34. The van der Waals surface area contributed by atoms with Crippen LogP contribution >= 0.6 is 0 Å². The van der Waals surface area contributed by atoms with E-state index in [0.29, 0.717) is 6.54 Å². The maximum absolute atomic E-state index is 11.2. The van der Waals surface area contributed by atoms with Crippen LogP contribution in [0.1, 0.15) is 24.0 Å². The molecule has 4 aromatic rings. The summed E-state index contributed by atoms with van der Waals surface area (Å²) in [4.78, 5) is 14.8. The van der Waals surface area contributed by atoms with Crippen molar-refractivity contribution in [3.63, 3.8) is 0 Å². The van der Waals surface area contributed by atoms with Crippen LogP contribution < -0.4 is 10.5 Å². The van der Waals surface area contributed by atoms with Crippen molar-refractivity contribution in [1.29, 1.82) is 0 Å². The number of aryl methyl sites for hydroxylation is 1. The van der Waals surface area contributed by atoms with Gasteiger partial charge in [0.2, 0.25) is 0 Å². The predicted octanol–water partition coefficient (Wildman–Crippen LogP) is 5.54. The Morgan fingerprint density at radius 1 is 0.968 bits per heavy atom. The van der Waals surface area contributed by atoms with Crippen LogP contribution in [-0.4, -0.2) is 22.6 Å². The van der Waals surface area contributed by atoms with Crippen molar-refractivity contribution in [2.45, 2.75) is 25.7 Å². The number of ether oxygens (including phenoxy) is 1. The molecule has 31 heavy (non-hydrogen) atoms. The molecule has 0 saturated carbocycles. The molecule has 0 bridgehead atoms. The fourth-order valence-electron chi connectivity index (χ4n) is 3.89. The highest BCUT2D eigenvalue weighted by atomic mass is 16.5. The lowest BCUT2D eigenvalue weighted by Gasteiger charge is -2.12. The molecule has 1 heterocycles. The Balaban J connectivity index is 1.81. The zero-order valence-electron chi connectivity index (χ0n) is 17.3. The molecule has 1 aromatic heterocycles. The van der Waals surface area contributed by atoms with Crippen molar-refractivity contribution < 1.29 is 14.6 Å². The highest BCUT2D eigenvalue weighted by Gasteiger charge is 2.17. The van der Waals surface area contributed by atoms with Crippen LogP contribution in [0.15, 0.2) is 72.8 Å². The van der Waals surface area contributed by atoms with E-state index in [1.807, 2.05) is 72.8 Å². The molecule has 0 aliphatic heterocycles. The molecular weight excluding hydrogens is 388 g/mol. The largest absolute Gasteiger partial charge is 0.481 e. The van der Waals surface area contributed by atoms with Gasteiger partial charge in [-0.25, -0.2) is 0 Å². The first-order valence-corrected chi connectivity index (χ1v) is 10.5. The van der Waals surface area contributed by atoms with Crippen LogP contribution in [0.3, 0.4) is 0 Å². The molecule has 0 aliphatic carbocycles. The number of carboxylic acids is 1. The van der Waals surface area contributed by atoms with Gasteiger partial charge in [0, 0.05) is 16.5 Å². The second-order valence-corrected chi connectivity index (χ2v) is 7.59. The Morgan fingerprint density at radius 3 is 2.52 bits per heavy atom. The van der Waals surface area contributed by atoms with Crippen LogP contribution in [0.4, 0.5) is 0 Å². The maximum Gasteiger partial charge on any atom is 0.307 e. The summed E-state index contributed by atoms with van der Waals surface area (Å²) in [6.45, 7) is 0.648. The van der Waals surface area contributed by atoms with Crippen molar-refractivity contribution >= 4 is 16.9 Å². The molecule has 0 spiro atoms. The minimum absolute atomic E-state index is 0.00635. The average Bonchev–Trinajstić information content (AvgIpc) is 3.12. The summed E-state index contributed by atoms with van der Waals surface area (Å²) in [5, 5.41) is 10.3. The van der Waals surface area contributed by atoms with E-state index in [9.17, 15) is 9.90 Å². The maximum atomic E-state index is 11.2. The smallest absolute Gasteiger partial charge is 0.307 e. The monoisotopic (exact) mass is 414 g/mol. The first-order valence-electron chi connectivity index (χ1n) is 10.5. The molecule has 5 heteroatoms. The number of unbranched alkanes of at least 4 members (excludes halogenated alkanes) is 1. The number of nitrogens with two attached hydrogens (primary N) is 1. The van der Waals surface area contributed by atoms with E-state index < -0.39 is 5.97 Å². The Morgan fingerprint density at radius 2 is 1.74 bits per heavy atom. The third-order valence-corrected chi connectivity index (χ3v) is 5.33. The van der Waals surface area contributed by atoms with E-state index in [-0.39, 0.29) is 6.42 Å². The SMILES string of the molecule is NCCCCc1c(-c2ccccc2Oc2ccccc2)[nH]c2ccc(CC(=O)O)cc12. The molecule has 0 radical (unpaired) electrons. The van der Waals surface area contributed by atoms with Gasteiger partial charge < -0.3 is 20.6 Å². The van der Waals surface area contributed by atoms with Crippen molar-refractivity contribution in [2.24, 2.45) is 5.73 Å². The molecule has 0 amide bonds. The number of benzene rings is 3. The number of carboxylic acid groups (broad SMARTS) is 1.